The molecule has 0 aliphatic rings. The second-order valence-electron chi connectivity index (χ2n) is 7.15. The van der Waals surface area contributed by atoms with Gasteiger partial charge in [-0.15, -0.1) is 11.3 Å². The highest BCUT2D eigenvalue weighted by Crippen LogP contribution is 2.37. The van der Waals surface area contributed by atoms with Crippen molar-refractivity contribution in [3.05, 3.63) is 64.5 Å². The summed E-state index contributed by atoms with van der Waals surface area (Å²) in [6, 6.07) is 11.3. The predicted molar refractivity (Wildman–Crippen MR) is 127 cm³/mol. The van der Waals surface area contributed by atoms with Gasteiger partial charge in [0.25, 0.3) is 5.91 Å². The third-order valence-corrected chi connectivity index (χ3v) is 5.80. The Morgan fingerprint density at radius 1 is 1.16 bits per heavy atom. The lowest BCUT2D eigenvalue weighted by Gasteiger charge is -2.10. The van der Waals surface area contributed by atoms with Gasteiger partial charge in [0.15, 0.2) is 0 Å². The maximum absolute atomic E-state index is 13.4. The lowest BCUT2D eigenvalue weighted by Crippen LogP contribution is -2.12. The summed E-state index contributed by atoms with van der Waals surface area (Å²) in [7, 11) is 0. The average Bonchev–Trinajstić information content (AvgIpc) is 3.09. The normalized spacial score (nSPS) is 11.0. The standard InChI is InChI=1S/C22H19ClFN5O2S/c1-11(2)31-14-6-3-12(4-7-14)29-21(30)19-18(25)17-20(26-10-27-22(17)32-19)28-13-5-8-16(24)15(23)9-13/h3-11H,25H2,1-2H3,(H,29,30)(H,26,27,28). The first-order valence-corrected chi connectivity index (χ1v) is 10.8. The smallest absolute Gasteiger partial charge is 0.267 e. The fourth-order valence-corrected chi connectivity index (χ4v) is 4.14. The molecule has 0 radical (unpaired) electrons. The third kappa shape index (κ3) is 4.58. The number of nitrogen functional groups attached to an aromatic ring is 1. The molecule has 4 aromatic rings. The topological polar surface area (TPSA) is 102 Å². The van der Waals surface area contributed by atoms with Gasteiger partial charge in [-0.25, -0.2) is 14.4 Å². The molecule has 4 rings (SSSR count). The lowest BCUT2D eigenvalue weighted by molar-refractivity contribution is 0.103. The van der Waals surface area contributed by atoms with Crippen LogP contribution in [0.1, 0.15) is 23.5 Å². The summed E-state index contributed by atoms with van der Waals surface area (Å²) >= 11 is 7.01. The van der Waals surface area contributed by atoms with Gasteiger partial charge in [-0.1, -0.05) is 11.6 Å². The van der Waals surface area contributed by atoms with Crippen molar-refractivity contribution in [2.75, 3.05) is 16.4 Å². The van der Waals surface area contributed by atoms with Crippen LogP contribution in [0.25, 0.3) is 10.2 Å². The number of nitrogens with zero attached hydrogens (tertiary/aromatic N) is 2. The monoisotopic (exact) mass is 471 g/mol. The summed E-state index contributed by atoms with van der Waals surface area (Å²) in [5, 5.41) is 6.37. The van der Waals surface area contributed by atoms with Crippen LogP contribution in [0.15, 0.2) is 48.8 Å². The molecule has 2 aromatic carbocycles. The number of amides is 1. The highest BCUT2D eigenvalue weighted by Gasteiger charge is 2.21. The van der Waals surface area contributed by atoms with Crippen LogP contribution in [-0.4, -0.2) is 22.0 Å². The summed E-state index contributed by atoms with van der Waals surface area (Å²) in [6.07, 6.45) is 1.42. The number of anilines is 4. The minimum Gasteiger partial charge on any atom is -0.491 e. The van der Waals surface area contributed by atoms with E-state index in [0.717, 1.165) is 11.3 Å². The number of carbonyl (C=O) groups excluding carboxylic acids is 1. The molecule has 0 atom stereocenters. The van der Waals surface area contributed by atoms with Crippen LogP contribution in [0.5, 0.6) is 5.75 Å². The number of rotatable bonds is 6. The molecule has 10 heteroatoms. The average molecular weight is 472 g/mol. The second kappa shape index (κ2) is 8.97. The zero-order chi connectivity index (χ0) is 22.8. The summed E-state index contributed by atoms with van der Waals surface area (Å²) in [6.45, 7) is 3.88. The number of carbonyl (C=O) groups is 1. The van der Waals surface area contributed by atoms with Crippen LogP contribution in [-0.2, 0) is 0 Å². The van der Waals surface area contributed by atoms with E-state index in [-0.39, 0.29) is 22.7 Å². The molecule has 32 heavy (non-hydrogen) atoms. The Bertz CT molecular complexity index is 1290. The Morgan fingerprint density at radius 3 is 2.56 bits per heavy atom. The fourth-order valence-electron chi connectivity index (χ4n) is 3.01. The molecule has 0 saturated carbocycles. The van der Waals surface area contributed by atoms with Gasteiger partial charge < -0.3 is 21.1 Å². The van der Waals surface area contributed by atoms with Crippen LogP contribution in [0.3, 0.4) is 0 Å². The van der Waals surface area contributed by atoms with Gasteiger partial charge in [0.1, 0.15) is 33.4 Å². The zero-order valence-corrected chi connectivity index (χ0v) is 18.7. The Labute approximate surface area is 192 Å². The van der Waals surface area contributed by atoms with Crippen LogP contribution in [0.2, 0.25) is 5.02 Å². The minimum absolute atomic E-state index is 0.0246. The van der Waals surface area contributed by atoms with Crippen molar-refractivity contribution in [2.45, 2.75) is 20.0 Å². The fraction of sp³-hybridized carbons (Fsp3) is 0.136. The van der Waals surface area contributed by atoms with E-state index >= 15 is 0 Å². The highest BCUT2D eigenvalue weighted by atomic mass is 35.5. The Kier molecular flexibility index (Phi) is 6.11. The van der Waals surface area contributed by atoms with E-state index in [1.807, 2.05) is 13.8 Å². The van der Waals surface area contributed by atoms with Crippen molar-refractivity contribution in [3.63, 3.8) is 0 Å². The van der Waals surface area contributed by atoms with Crippen molar-refractivity contribution in [1.29, 1.82) is 0 Å². The van der Waals surface area contributed by atoms with Crippen LogP contribution in [0, 0.1) is 5.82 Å². The largest absolute Gasteiger partial charge is 0.491 e. The van der Waals surface area contributed by atoms with Gasteiger partial charge in [0, 0.05) is 11.4 Å². The molecule has 164 valence electrons. The molecule has 0 spiro atoms. The number of halogens is 2. The zero-order valence-electron chi connectivity index (χ0n) is 17.1. The number of nitrogens with two attached hydrogens (primary N) is 1. The van der Waals surface area contributed by atoms with E-state index in [1.54, 1.807) is 24.3 Å². The SMILES string of the molecule is CC(C)Oc1ccc(NC(=O)c2sc3ncnc(Nc4ccc(F)c(Cl)c4)c3c2N)cc1. The second-order valence-corrected chi connectivity index (χ2v) is 8.55. The van der Waals surface area contributed by atoms with Gasteiger partial charge in [0.2, 0.25) is 0 Å². The van der Waals surface area contributed by atoms with Crippen LogP contribution < -0.4 is 21.1 Å². The number of fused-ring (bicyclic) bond motifs is 1. The van der Waals surface area contributed by atoms with Crippen molar-refractivity contribution in [1.82, 2.24) is 9.97 Å². The molecule has 2 heterocycles. The number of ether oxygens (including phenoxy) is 1. The maximum atomic E-state index is 13.4. The van der Waals surface area contributed by atoms with Gasteiger partial charge in [-0.05, 0) is 56.3 Å². The van der Waals surface area contributed by atoms with E-state index < -0.39 is 5.82 Å². The Hall–Kier alpha value is -3.43. The Balaban J connectivity index is 1.59. The van der Waals surface area contributed by atoms with E-state index in [2.05, 4.69) is 20.6 Å². The molecule has 7 nitrogen and oxygen atoms in total. The first kappa shape index (κ1) is 21.8. The number of nitrogens with one attached hydrogen (secondary N) is 2. The van der Waals surface area contributed by atoms with Crippen LogP contribution >= 0.6 is 22.9 Å². The molecule has 0 unspecified atom stereocenters. The van der Waals surface area contributed by atoms with Crippen molar-refractivity contribution >= 4 is 61.9 Å². The van der Waals surface area contributed by atoms with Crippen LogP contribution in [0.4, 0.5) is 27.3 Å². The van der Waals surface area contributed by atoms with Gasteiger partial charge in [-0.3, -0.25) is 4.79 Å². The minimum atomic E-state index is -0.525. The first-order chi connectivity index (χ1) is 15.3. The predicted octanol–water partition coefficient (Wildman–Crippen LogP) is 5.85. The summed E-state index contributed by atoms with van der Waals surface area (Å²) in [5.74, 6) is 0.216. The Morgan fingerprint density at radius 2 is 1.88 bits per heavy atom. The van der Waals surface area contributed by atoms with Gasteiger partial charge in [-0.2, -0.15) is 0 Å². The van der Waals surface area contributed by atoms with E-state index in [9.17, 15) is 9.18 Å². The summed E-state index contributed by atoms with van der Waals surface area (Å²) in [4.78, 5) is 22.2. The first-order valence-electron chi connectivity index (χ1n) is 9.65. The molecule has 0 aliphatic carbocycles. The molecule has 4 N–H and O–H groups in total. The van der Waals surface area contributed by atoms with E-state index in [4.69, 9.17) is 22.1 Å². The number of thiophene rings is 1. The quantitative estimate of drug-likeness (QED) is 0.326. The molecule has 0 fully saturated rings. The number of benzene rings is 2. The van der Waals surface area contributed by atoms with Crippen molar-refractivity contribution in [3.8, 4) is 5.75 Å². The lowest BCUT2D eigenvalue weighted by atomic mass is 10.2. The maximum Gasteiger partial charge on any atom is 0.267 e. The van der Waals surface area contributed by atoms with E-state index in [0.29, 0.717) is 38.0 Å². The number of hydrogen-bond donors (Lipinski definition) is 3. The molecule has 0 bridgehead atoms. The molecule has 2 aromatic heterocycles. The van der Waals surface area contributed by atoms with Gasteiger partial charge in [0.05, 0.1) is 22.2 Å². The molecular formula is C22H19ClFN5O2S. The molecule has 0 aliphatic heterocycles. The van der Waals surface area contributed by atoms with E-state index in [1.165, 1.54) is 24.5 Å². The summed E-state index contributed by atoms with van der Waals surface area (Å²) < 4.78 is 19.1. The molecular weight excluding hydrogens is 453 g/mol. The number of aromatic nitrogens is 2. The number of hydrogen-bond acceptors (Lipinski definition) is 7. The van der Waals surface area contributed by atoms with Crippen molar-refractivity contribution < 1.29 is 13.9 Å². The highest BCUT2D eigenvalue weighted by molar-refractivity contribution is 7.21. The van der Waals surface area contributed by atoms with Crippen molar-refractivity contribution in [2.24, 2.45) is 0 Å². The van der Waals surface area contributed by atoms with Gasteiger partial charge >= 0.3 is 0 Å². The molecule has 1 amide bonds. The molecule has 0 saturated heterocycles. The summed E-state index contributed by atoms with van der Waals surface area (Å²) in [5.41, 5.74) is 7.68. The third-order valence-electron chi connectivity index (χ3n) is 4.40.